The van der Waals surface area contributed by atoms with Gasteiger partial charge in [0.15, 0.2) is 0 Å². The highest BCUT2D eigenvalue weighted by Gasteiger charge is 2.42. The molecule has 0 radical (unpaired) electrons. The van der Waals surface area contributed by atoms with Gasteiger partial charge in [0.2, 0.25) is 0 Å². The van der Waals surface area contributed by atoms with Crippen molar-refractivity contribution >= 4 is 17.2 Å². The minimum absolute atomic E-state index is 0.111. The van der Waals surface area contributed by atoms with Gasteiger partial charge in [0.1, 0.15) is 0 Å². The van der Waals surface area contributed by atoms with Crippen molar-refractivity contribution in [2.24, 2.45) is 11.1 Å². The van der Waals surface area contributed by atoms with Crippen molar-refractivity contribution in [1.29, 1.82) is 0 Å². The lowest BCUT2D eigenvalue weighted by molar-refractivity contribution is 0.206. The summed E-state index contributed by atoms with van der Waals surface area (Å²) in [7, 11) is 0. The summed E-state index contributed by atoms with van der Waals surface area (Å²) in [6.45, 7) is 6.48. The van der Waals surface area contributed by atoms with Crippen molar-refractivity contribution in [1.82, 2.24) is 4.98 Å². The maximum absolute atomic E-state index is 6.69. The zero-order valence-corrected chi connectivity index (χ0v) is 15.0. The Morgan fingerprint density at radius 2 is 2.08 bits per heavy atom. The lowest BCUT2D eigenvalue weighted by Crippen LogP contribution is -2.31. The molecule has 0 fully saturated rings. The zero-order chi connectivity index (χ0) is 17.2. The largest absolute Gasteiger partial charge is 0.323 e. The second-order valence-corrected chi connectivity index (χ2v) is 7.37. The molecule has 0 spiro atoms. The predicted molar refractivity (Wildman–Crippen MR) is 102 cm³/mol. The van der Waals surface area contributed by atoms with Gasteiger partial charge in [-0.05, 0) is 59.9 Å². The number of benzene rings is 1. The summed E-state index contributed by atoms with van der Waals surface area (Å²) in [5, 5.41) is 0.655. The van der Waals surface area contributed by atoms with Crippen LogP contribution in [-0.4, -0.2) is 4.98 Å². The van der Waals surface area contributed by atoms with Crippen molar-refractivity contribution in [2.45, 2.75) is 45.1 Å². The number of halogens is 1. The van der Waals surface area contributed by atoms with E-state index >= 15 is 0 Å². The minimum atomic E-state index is 0.111. The Bertz CT molecular complexity index is 723. The van der Waals surface area contributed by atoms with Gasteiger partial charge in [-0.15, -0.1) is 0 Å². The monoisotopic (exact) mass is 340 g/mol. The van der Waals surface area contributed by atoms with Gasteiger partial charge >= 0.3 is 0 Å². The lowest BCUT2D eigenvalue weighted by Gasteiger charge is -2.34. The summed E-state index contributed by atoms with van der Waals surface area (Å²) in [5.41, 5.74) is 11.5. The molecule has 2 atom stereocenters. The fourth-order valence-electron chi connectivity index (χ4n) is 4.04. The van der Waals surface area contributed by atoms with Crippen molar-refractivity contribution in [2.75, 3.05) is 0 Å². The number of hydrogen-bond acceptors (Lipinski definition) is 2. The van der Waals surface area contributed by atoms with Gasteiger partial charge in [0.25, 0.3) is 0 Å². The minimum Gasteiger partial charge on any atom is -0.323 e. The lowest BCUT2D eigenvalue weighted by atomic mass is 9.73. The van der Waals surface area contributed by atoms with Crippen LogP contribution in [0.25, 0.3) is 5.57 Å². The molecule has 2 N–H and O–H groups in total. The molecular weight excluding hydrogens is 316 g/mol. The van der Waals surface area contributed by atoms with E-state index in [2.05, 4.69) is 42.8 Å². The van der Waals surface area contributed by atoms with Crippen LogP contribution in [0.2, 0.25) is 5.02 Å². The van der Waals surface area contributed by atoms with E-state index in [1.807, 2.05) is 12.1 Å². The van der Waals surface area contributed by atoms with E-state index in [0.717, 1.165) is 43.4 Å². The number of hydrogen-bond donors (Lipinski definition) is 1. The SMILES string of the molecule is C=C(CCC1(CCC)Cc2ccccc2[C@H]1N)c1ccc(Cl)cn1. The highest BCUT2D eigenvalue weighted by molar-refractivity contribution is 6.30. The van der Waals surface area contributed by atoms with Gasteiger partial charge in [-0.1, -0.05) is 55.8 Å². The first-order valence-electron chi connectivity index (χ1n) is 8.69. The summed E-state index contributed by atoms with van der Waals surface area (Å²) in [6, 6.07) is 12.5. The molecule has 3 rings (SSSR count). The van der Waals surface area contributed by atoms with E-state index in [1.165, 1.54) is 11.1 Å². The van der Waals surface area contributed by atoms with Crippen molar-refractivity contribution in [3.8, 4) is 0 Å². The van der Waals surface area contributed by atoms with Crippen molar-refractivity contribution in [3.05, 3.63) is 71.0 Å². The van der Waals surface area contributed by atoms with Gasteiger partial charge < -0.3 is 5.73 Å². The molecular formula is C21H25ClN2. The molecule has 0 saturated heterocycles. The second-order valence-electron chi connectivity index (χ2n) is 6.93. The molecule has 0 bridgehead atoms. The van der Waals surface area contributed by atoms with Crippen LogP contribution in [-0.2, 0) is 6.42 Å². The average molecular weight is 341 g/mol. The van der Waals surface area contributed by atoms with Crippen molar-refractivity contribution in [3.63, 3.8) is 0 Å². The van der Waals surface area contributed by atoms with Crippen LogP contribution in [0.4, 0.5) is 0 Å². The number of pyridine rings is 1. The highest BCUT2D eigenvalue weighted by Crippen LogP contribution is 2.50. The molecule has 1 aliphatic carbocycles. The first kappa shape index (κ1) is 17.2. The average Bonchev–Trinajstić information content (AvgIpc) is 2.87. The maximum atomic E-state index is 6.69. The van der Waals surface area contributed by atoms with Gasteiger partial charge in [-0.3, -0.25) is 4.98 Å². The third-order valence-electron chi connectivity index (χ3n) is 5.35. The molecule has 2 nitrogen and oxygen atoms in total. The van der Waals surface area contributed by atoms with Crippen molar-refractivity contribution < 1.29 is 0 Å². The number of nitrogens with two attached hydrogens (primary N) is 1. The Kier molecular flexibility index (Phi) is 5.07. The van der Waals surface area contributed by atoms with Crippen LogP contribution in [0.3, 0.4) is 0 Å². The van der Waals surface area contributed by atoms with Crippen LogP contribution < -0.4 is 5.73 Å². The van der Waals surface area contributed by atoms with E-state index < -0.39 is 0 Å². The standard InChI is InChI=1S/C21H25ClN2/c1-3-11-21(13-16-6-4-5-7-18(16)20(21)23)12-10-15(2)19-9-8-17(22)14-24-19/h4-9,14,20H,2-3,10-13,23H2,1H3/t20-,21?/m1/s1. The van der Waals surface area contributed by atoms with Gasteiger partial charge in [0, 0.05) is 12.2 Å². The van der Waals surface area contributed by atoms with Crippen LogP contribution in [0, 0.1) is 5.41 Å². The van der Waals surface area contributed by atoms with E-state index in [0.29, 0.717) is 5.02 Å². The van der Waals surface area contributed by atoms with Crippen LogP contribution in [0.15, 0.2) is 49.2 Å². The molecule has 3 heteroatoms. The topological polar surface area (TPSA) is 38.9 Å². The molecule has 0 aliphatic heterocycles. The molecule has 1 aliphatic rings. The van der Waals surface area contributed by atoms with E-state index in [1.54, 1.807) is 6.20 Å². The first-order valence-corrected chi connectivity index (χ1v) is 9.06. The Morgan fingerprint density at radius 3 is 2.75 bits per heavy atom. The number of rotatable bonds is 6. The number of nitrogens with zero attached hydrogens (tertiary/aromatic N) is 1. The second kappa shape index (κ2) is 7.08. The van der Waals surface area contributed by atoms with Crippen LogP contribution >= 0.6 is 11.6 Å². The zero-order valence-electron chi connectivity index (χ0n) is 14.3. The number of allylic oxidation sites excluding steroid dienone is 1. The Labute approximate surface area is 149 Å². The Morgan fingerprint density at radius 1 is 1.29 bits per heavy atom. The normalized spacial score (nSPS) is 22.4. The summed E-state index contributed by atoms with van der Waals surface area (Å²) < 4.78 is 0. The van der Waals surface area contributed by atoms with E-state index in [9.17, 15) is 0 Å². The molecule has 0 amide bonds. The molecule has 126 valence electrons. The highest BCUT2D eigenvalue weighted by atomic mass is 35.5. The first-order chi connectivity index (χ1) is 11.6. The molecule has 1 heterocycles. The van der Waals surface area contributed by atoms with E-state index in [-0.39, 0.29) is 11.5 Å². The smallest absolute Gasteiger partial charge is 0.0656 e. The fourth-order valence-corrected chi connectivity index (χ4v) is 4.15. The third-order valence-corrected chi connectivity index (χ3v) is 5.58. The fraction of sp³-hybridized carbons (Fsp3) is 0.381. The van der Waals surface area contributed by atoms with Crippen LogP contribution in [0.1, 0.15) is 55.5 Å². The Hall–Kier alpha value is -1.64. The Balaban J connectivity index is 1.76. The van der Waals surface area contributed by atoms with Crippen LogP contribution in [0.5, 0.6) is 0 Å². The van der Waals surface area contributed by atoms with Gasteiger partial charge in [-0.25, -0.2) is 0 Å². The van der Waals surface area contributed by atoms with E-state index in [4.69, 9.17) is 17.3 Å². The molecule has 2 aromatic rings. The van der Waals surface area contributed by atoms with Gasteiger partial charge in [0.05, 0.1) is 10.7 Å². The molecule has 24 heavy (non-hydrogen) atoms. The molecule has 0 saturated carbocycles. The number of aromatic nitrogens is 1. The van der Waals surface area contributed by atoms with Gasteiger partial charge in [-0.2, -0.15) is 0 Å². The predicted octanol–water partition coefficient (Wildman–Crippen LogP) is 5.57. The molecule has 1 aromatic carbocycles. The quantitative estimate of drug-likeness (QED) is 0.746. The third kappa shape index (κ3) is 3.26. The maximum Gasteiger partial charge on any atom is 0.0656 e. The summed E-state index contributed by atoms with van der Waals surface area (Å²) in [4.78, 5) is 4.39. The molecule has 1 unspecified atom stereocenters. The number of fused-ring (bicyclic) bond motifs is 1. The summed E-state index contributed by atoms with van der Waals surface area (Å²) in [5.74, 6) is 0. The summed E-state index contributed by atoms with van der Waals surface area (Å²) >= 11 is 5.92. The molecule has 1 aromatic heterocycles. The summed E-state index contributed by atoms with van der Waals surface area (Å²) in [6.07, 6.45) is 6.99.